The molecule has 3 nitrogen and oxygen atoms in total. The molecule has 1 aliphatic heterocycles. The quantitative estimate of drug-likeness (QED) is 0.763. The summed E-state index contributed by atoms with van der Waals surface area (Å²) in [6.07, 6.45) is 3.26. The maximum Gasteiger partial charge on any atom is 0.124 e. The average Bonchev–Trinajstić information content (AvgIpc) is 2.69. The lowest BCUT2D eigenvalue weighted by Gasteiger charge is -2.40. The van der Waals surface area contributed by atoms with Crippen LogP contribution in [-0.2, 0) is 5.41 Å². The molecule has 0 aliphatic carbocycles. The summed E-state index contributed by atoms with van der Waals surface area (Å²) >= 11 is 0. The van der Waals surface area contributed by atoms with Crippen LogP contribution >= 0.6 is 0 Å². The third-order valence-electron chi connectivity index (χ3n) is 3.11. The maximum atomic E-state index is 9.41. The van der Waals surface area contributed by atoms with Crippen molar-refractivity contribution in [2.45, 2.75) is 37.6 Å². The van der Waals surface area contributed by atoms with Crippen LogP contribution in [0.25, 0.3) is 0 Å². The van der Waals surface area contributed by atoms with Gasteiger partial charge in [0.25, 0.3) is 0 Å². The smallest absolute Gasteiger partial charge is 0.124 e. The average molecular weight is 204 g/mol. The number of hydrogen-bond donors (Lipinski definition) is 1. The number of rotatable bonds is 1. The van der Waals surface area contributed by atoms with Crippen LogP contribution in [-0.4, -0.2) is 12.1 Å². The largest absolute Gasteiger partial charge is 0.468 e. The summed E-state index contributed by atoms with van der Waals surface area (Å²) < 4.78 is 5.41. The molecule has 3 heteroatoms. The van der Waals surface area contributed by atoms with Gasteiger partial charge in [0.05, 0.1) is 12.3 Å². The summed E-state index contributed by atoms with van der Waals surface area (Å²) in [5.41, 5.74) is -0.445. The fourth-order valence-electron chi connectivity index (χ4n) is 2.43. The van der Waals surface area contributed by atoms with Crippen LogP contribution in [0.15, 0.2) is 22.8 Å². The van der Waals surface area contributed by atoms with E-state index in [2.05, 4.69) is 25.2 Å². The third kappa shape index (κ3) is 1.78. The molecule has 2 rings (SSSR count). The topological polar surface area (TPSA) is 49.0 Å². The van der Waals surface area contributed by atoms with Crippen LogP contribution in [0.1, 0.15) is 32.4 Å². The lowest BCUT2D eigenvalue weighted by Crippen LogP contribution is -2.52. The second kappa shape index (κ2) is 3.39. The molecular weight excluding hydrogens is 188 g/mol. The zero-order valence-corrected chi connectivity index (χ0v) is 9.21. The van der Waals surface area contributed by atoms with E-state index >= 15 is 0 Å². The highest BCUT2D eigenvalue weighted by Crippen LogP contribution is 2.38. The first-order valence-electron chi connectivity index (χ1n) is 5.28. The van der Waals surface area contributed by atoms with Crippen molar-refractivity contribution in [3.8, 4) is 6.07 Å². The van der Waals surface area contributed by atoms with E-state index < -0.39 is 5.41 Å². The fraction of sp³-hybridized carbons (Fsp3) is 0.583. The van der Waals surface area contributed by atoms with Crippen LogP contribution in [0, 0.1) is 11.3 Å². The highest BCUT2D eigenvalue weighted by atomic mass is 16.3. The molecule has 2 heterocycles. The highest BCUT2D eigenvalue weighted by Gasteiger charge is 2.43. The summed E-state index contributed by atoms with van der Waals surface area (Å²) in [5, 5.41) is 12.8. The molecule has 0 aromatic carbocycles. The highest BCUT2D eigenvalue weighted by molar-refractivity contribution is 5.27. The summed E-state index contributed by atoms with van der Waals surface area (Å²) in [5.74, 6) is 0.805. The monoisotopic (exact) mass is 204 g/mol. The summed E-state index contributed by atoms with van der Waals surface area (Å²) in [6, 6.07) is 6.20. The molecule has 1 unspecified atom stereocenters. The number of hydrogen-bond acceptors (Lipinski definition) is 3. The molecule has 0 bridgehead atoms. The van der Waals surface area contributed by atoms with Crippen molar-refractivity contribution in [1.82, 2.24) is 5.32 Å². The van der Waals surface area contributed by atoms with Crippen LogP contribution in [0.3, 0.4) is 0 Å². The van der Waals surface area contributed by atoms with E-state index in [9.17, 15) is 5.26 Å². The number of nitrogens with zero attached hydrogens (tertiary/aromatic N) is 1. The Labute approximate surface area is 90.1 Å². The van der Waals surface area contributed by atoms with Gasteiger partial charge in [-0.05, 0) is 45.4 Å². The Kier molecular flexibility index (Phi) is 2.32. The van der Waals surface area contributed by atoms with Crippen molar-refractivity contribution >= 4 is 0 Å². The van der Waals surface area contributed by atoms with Crippen molar-refractivity contribution in [2.24, 2.45) is 0 Å². The summed E-state index contributed by atoms with van der Waals surface area (Å²) in [7, 11) is 0. The number of nitriles is 1. The molecule has 1 N–H and O–H groups in total. The Hall–Kier alpha value is -1.27. The molecule has 1 aliphatic rings. The number of furan rings is 1. The Morgan fingerprint density at radius 3 is 2.87 bits per heavy atom. The lowest BCUT2D eigenvalue weighted by atomic mass is 9.71. The van der Waals surface area contributed by atoms with E-state index in [1.54, 1.807) is 6.26 Å². The van der Waals surface area contributed by atoms with Gasteiger partial charge in [-0.1, -0.05) is 0 Å². The van der Waals surface area contributed by atoms with Crippen molar-refractivity contribution in [2.75, 3.05) is 6.54 Å². The molecule has 0 amide bonds. The number of nitrogens with one attached hydrogen (secondary N) is 1. The maximum absolute atomic E-state index is 9.41. The van der Waals surface area contributed by atoms with E-state index in [4.69, 9.17) is 4.42 Å². The first-order valence-corrected chi connectivity index (χ1v) is 5.28. The first kappa shape index (κ1) is 10.3. The van der Waals surface area contributed by atoms with E-state index in [1.807, 2.05) is 12.1 Å². The third-order valence-corrected chi connectivity index (χ3v) is 3.11. The Morgan fingerprint density at radius 2 is 2.33 bits per heavy atom. The van der Waals surface area contributed by atoms with Crippen molar-refractivity contribution in [3.05, 3.63) is 24.2 Å². The standard InChI is InChI=1S/C12H16N2O/c1-11(2)8-12(9-13,5-6-14-11)10-4-3-7-15-10/h3-4,7,14H,5-6,8H2,1-2H3. The summed E-state index contributed by atoms with van der Waals surface area (Å²) in [6.45, 7) is 5.11. The van der Waals surface area contributed by atoms with Gasteiger partial charge in [-0.2, -0.15) is 5.26 Å². The van der Waals surface area contributed by atoms with Crippen LogP contribution in [0.2, 0.25) is 0 Å². The van der Waals surface area contributed by atoms with Gasteiger partial charge in [0.15, 0.2) is 0 Å². The second-order valence-corrected chi connectivity index (χ2v) is 4.91. The van der Waals surface area contributed by atoms with E-state index in [0.29, 0.717) is 0 Å². The van der Waals surface area contributed by atoms with Gasteiger partial charge in [0.2, 0.25) is 0 Å². The molecule has 15 heavy (non-hydrogen) atoms. The minimum atomic E-state index is -0.446. The summed E-state index contributed by atoms with van der Waals surface area (Å²) in [4.78, 5) is 0. The van der Waals surface area contributed by atoms with Gasteiger partial charge in [-0.15, -0.1) is 0 Å². The van der Waals surface area contributed by atoms with Crippen LogP contribution in [0.5, 0.6) is 0 Å². The molecule has 1 fully saturated rings. The molecule has 1 atom stereocenters. The zero-order valence-electron chi connectivity index (χ0n) is 9.21. The molecular formula is C12H16N2O. The van der Waals surface area contributed by atoms with Gasteiger partial charge in [-0.25, -0.2) is 0 Å². The predicted molar refractivity (Wildman–Crippen MR) is 57.3 cm³/mol. The minimum absolute atomic E-state index is 0.000764. The van der Waals surface area contributed by atoms with Gasteiger partial charge >= 0.3 is 0 Å². The van der Waals surface area contributed by atoms with E-state index in [0.717, 1.165) is 25.1 Å². The van der Waals surface area contributed by atoms with E-state index in [-0.39, 0.29) is 5.54 Å². The Balaban J connectivity index is 2.35. The molecule has 1 aromatic heterocycles. The Bertz CT molecular complexity index is 375. The lowest BCUT2D eigenvalue weighted by molar-refractivity contribution is 0.210. The molecule has 1 aromatic rings. The molecule has 1 saturated heterocycles. The van der Waals surface area contributed by atoms with Gasteiger partial charge in [-0.3, -0.25) is 0 Å². The van der Waals surface area contributed by atoms with Gasteiger partial charge in [0.1, 0.15) is 11.2 Å². The van der Waals surface area contributed by atoms with Gasteiger partial charge < -0.3 is 9.73 Å². The minimum Gasteiger partial charge on any atom is -0.468 e. The zero-order chi connectivity index (χ0) is 10.9. The second-order valence-electron chi connectivity index (χ2n) is 4.91. The van der Waals surface area contributed by atoms with E-state index in [1.165, 1.54) is 0 Å². The molecule has 0 spiro atoms. The fourth-order valence-corrected chi connectivity index (χ4v) is 2.43. The first-order chi connectivity index (χ1) is 7.08. The molecule has 0 radical (unpaired) electrons. The normalized spacial score (nSPS) is 29.7. The molecule has 0 saturated carbocycles. The predicted octanol–water partition coefficient (Wildman–Crippen LogP) is 2.20. The van der Waals surface area contributed by atoms with Gasteiger partial charge in [0, 0.05) is 5.54 Å². The van der Waals surface area contributed by atoms with Crippen LogP contribution < -0.4 is 5.32 Å². The SMILES string of the molecule is CC1(C)CC(C#N)(c2ccco2)CCN1. The van der Waals surface area contributed by atoms with Crippen LogP contribution in [0.4, 0.5) is 0 Å². The van der Waals surface area contributed by atoms with Crippen molar-refractivity contribution in [1.29, 1.82) is 5.26 Å². The number of piperidine rings is 1. The Morgan fingerprint density at radius 1 is 1.53 bits per heavy atom. The van der Waals surface area contributed by atoms with Crippen molar-refractivity contribution in [3.63, 3.8) is 0 Å². The molecule has 80 valence electrons. The van der Waals surface area contributed by atoms with Crippen molar-refractivity contribution < 1.29 is 4.42 Å².